The van der Waals surface area contributed by atoms with Crippen LogP contribution in [0.1, 0.15) is 29.0 Å². The predicted molar refractivity (Wildman–Crippen MR) is 101 cm³/mol. The van der Waals surface area contributed by atoms with E-state index in [2.05, 4.69) is 15.8 Å². The summed E-state index contributed by atoms with van der Waals surface area (Å²) in [5, 5.41) is 0. The summed E-state index contributed by atoms with van der Waals surface area (Å²) in [6.07, 6.45) is -0.138. The standard InChI is InChI=1S/C20H19FN4O3/c1-25-16-5-3-2-4-15(16)22-18(25)12-20(28)24-23-19(27)11-10-17(26)13-6-8-14(21)9-7-13/h2-9H,10-12H2,1H3,(H,23,27)(H,24,28). The van der Waals surface area contributed by atoms with Gasteiger partial charge in [0.1, 0.15) is 11.6 Å². The smallest absolute Gasteiger partial charge is 0.245 e. The lowest BCUT2D eigenvalue weighted by molar-refractivity contribution is -0.128. The Morgan fingerprint density at radius 1 is 0.964 bits per heavy atom. The summed E-state index contributed by atoms with van der Waals surface area (Å²) in [4.78, 5) is 40.3. The Balaban J connectivity index is 1.46. The van der Waals surface area contributed by atoms with Crippen molar-refractivity contribution in [1.29, 1.82) is 0 Å². The molecule has 3 rings (SSSR count). The summed E-state index contributed by atoms with van der Waals surface area (Å²) < 4.78 is 14.7. The average Bonchev–Trinajstić information content (AvgIpc) is 3.00. The molecule has 2 N–H and O–H groups in total. The maximum Gasteiger partial charge on any atom is 0.245 e. The van der Waals surface area contributed by atoms with E-state index in [0.29, 0.717) is 11.4 Å². The first-order valence-corrected chi connectivity index (χ1v) is 8.71. The summed E-state index contributed by atoms with van der Waals surface area (Å²) in [6, 6.07) is 12.6. The summed E-state index contributed by atoms with van der Waals surface area (Å²) >= 11 is 0. The number of fused-ring (bicyclic) bond motifs is 1. The van der Waals surface area contributed by atoms with E-state index >= 15 is 0 Å². The van der Waals surface area contributed by atoms with Crippen LogP contribution in [-0.2, 0) is 23.1 Å². The molecule has 0 bridgehead atoms. The molecule has 1 aromatic heterocycles. The van der Waals surface area contributed by atoms with Gasteiger partial charge in [0.25, 0.3) is 0 Å². The van der Waals surface area contributed by atoms with Gasteiger partial charge in [-0.25, -0.2) is 9.37 Å². The van der Waals surface area contributed by atoms with E-state index in [0.717, 1.165) is 11.0 Å². The van der Waals surface area contributed by atoms with Gasteiger partial charge in [0.05, 0.1) is 17.5 Å². The Morgan fingerprint density at radius 3 is 2.36 bits per heavy atom. The van der Waals surface area contributed by atoms with Gasteiger partial charge in [0, 0.05) is 25.5 Å². The molecule has 0 atom stereocenters. The number of carbonyl (C=O) groups excluding carboxylic acids is 3. The van der Waals surface area contributed by atoms with Crippen molar-refractivity contribution in [2.75, 3.05) is 0 Å². The summed E-state index contributed by atoms with van der Waals surface area (Å²) in [6.45, 7) is 0. The monoisotopic (exact) mass is 382 g/mol. The number of carbonyl (C=O) groups is 3. The fourth-order valence-corrected chi connectivity index (χ4v) is 2.75. The van der Waals surface area contributed by atoms with Gasteiger partial charge in [-0.15, -0.1) is 0 Å². The summed E-state index contributed by atoms with van der Waals surface area (Å²) in [5.41, 5.74) is 6.64. The summed E-state index contributed by atoms with van der Waals surface area (Å²) in [7, 11) is 1.82. The Morgan fingerprint density at radius 2 is 1.64 bits per heavy atom. The molecule has 2 aromatic carbocycles. The summed E-state index contributed by atoms with van der Waals surface area (Å²) in [5.74, 6) is -1.05. The Bertz CT molecular complexity index is 1030. The molecule has 0 radical (unpaired) electrons. The molecule has 3 aromatic rings. The van der Waals surface area contributed by atoms with E-state index in [1.54, 1.807) is 0 Å². The van der Waals surface area contributed by atoms with E-state index in [-0.39, 0.29) is 25.0 Å². The highest BCUT2D eigenvalue weighted by atomic mass is 19.1. The van der Waals surface area contributed by atoms with Crippen molar-refractivity contribution in [1.82, 2.24) is 20.4 Å². The molecule has 0 aliphatic carbocycles. The van der Waals surface area contributed by atoms with Gasteiger partial charge in [0.2, 0.25) is 11.8 Å². The number of para-hydroxylation sites is 2. The number of benzene rings is 2. The van der Waals surface area contributed by atoms with Crippen LogP contribution in [0.25, 0.3) is 11.0 Å². The second kappa shape index (κ2) is 8.43. The predicted octanol–water partition coefficient (Wildman–Crippen LogP) is 2.07. The Hall–Kier alpha value is -3.55. The van der Waals surface area contributed by atoms with Gasteiger partial charge in [-0.05, 0) is 36.4 Å². The lowest BCUT2D eigenvalue weighted by atomic mass is 10.1. The number of aromatic nitrogens is 2. The van der Waals surface area contributed by atoms with Gasteiger partial charge >= 0.3 is 0 Å². The zero-order valence-corrected chi connectivity index (χ0v) is 15.2. The van der Waals surface area contributed by atoms with E-state index in [9.17, 15) is 18.8 Å². The van der Waals surface area contributed by atoms with Crippen LogP contribution in [0.5, 0.6) is 0 Å². The van der Waals surface area contributed by atoms with Crippen molar-refractivity contribution in [3.8, 4) is 0 Å². The first-order valence-electron chi connectivity index (χ1n) is 8.71. The minimum Gasteiger partial charge on any atom is -0.331 e. The third-order valence-electron chi connectivity index (χ3n) is 4.29. The molecule has 0 aliphatic rings. The number of rotatable bonds is 6. The molecule has 0 unspecified atom stereocenters. The van der Waals surface area contributed by atoms with Crippen molar-refractivity contribution in [3.05, 3.63) is 65.7 Å². The van der Waals surface area contributed by atoms with Crippen LogP contribution in [0, 0.1) is 5.82 Å². The van der Waals surface area contributed by atoms with E-state index < -0.39 is 17.6 Å². The van der Waals surface area contributed by atoms with Crippen molar-refractivity contribution < 1.29 is 18.8 Å². The molecule has 7 nitrogen and oxygen atoms in total. The molecule has 0 saturated heterocycles. The fourth-order valence-electron chi connectivity index (χ4n) is 2.75. The molecule has 28 heavy (non-hydrogen) atoms. The SMILES string of the molecule is Cn1c(CC(=O)NNC(=O)CCC(=O)c2ccc(F)cc2)nc2ccccc21. The number of nitrogens with one attached hydrogen (secondary N) is 2. The quantitative estimate of drug-likeness (QED) is 0.504. The highest BCUT2D eigenvalue weighted by Crippen LogP contribution is 2.14. The third kappa shape index (κ3) is 4.59. The van der Waals surface area contributed by atoms with Crippen molar-refractivity contribution in [2.24, 2.45) is 7.05 Å². The zero-order chi connectivity index (χ0) is 20.1. The van der Waals surface area contributed by atoms with Gasteiger partial charge in [0.15, 0.2) is 5.78 Å². The largest absolute Gasteiger partial charge is 0.331 e. The van der Waals surface area contributed by atoms with Crippen LogP contribution >= 0.6 is 0 Å². The van der Waals surface area contributed by atoms with E-state index in [1.807, 2.05) is 35.9 Å². The molecular weight excluding hydrogens is 363 g/mol. The first-order chi connectivity index (χ1) is 13.4. The Labute approximate surface area is 160 Å². The topological polar surface area (TPSA) is 93.1 Å². The van der Waals surface area contributed by atoms with Crippen LogP contribution in [-0.4, -0.2) is 27.1 Å². The zero-order valence-electron chi connectivity index (χ0n) is 15.2. The van der Waals surface area contributed by atoms with E-state index in [1.165, 1.54) is 24.3 Å². The van der Waals surface area contributed by atoms with Crippen LogP contribution in [0.2, 0.25) is 0 Å². The molecule has 0 aliphatic heterocycles. The number of ketones is 1. The second-order valence-corrected chi connectivity index (χ2v) is 6.28. The van der Waals surface area contributed by atoms with Crippen molar-refractivity contribution >= 4 is 28.6 Å². The van der Waals surface area contributed by atoms with Crippen LogP contribution in [0.4, 0.5) is 4.39 Å². The van der Waals surface area contributed by atoms with Crippen molar-refractivity contribution in [2.45, 2.75) is 19.3 Å². The van der Waals surface area contributed by atoms with Crippen LogP contribution in [0.15, 0.2) is 48.5 Å². The number of hydrazine groups is 1. The van der Waals surface area contributed by atoms with Gasteiger partial charge in [-0.3, -0.25) is 25.2 Å². The normalized spacial score (nSPS) is 10.6. The number of hydrogen-bond donors (Lipinski definition) is 2. The highest BCUT2D eigenvalue weighted by Gasteiger charge is 2.13. The fraction of sp³-hybridized carbons (Fsp3) is 0.200. The number of halogens is 1. The number of amides is 2. The lowest BCUT2D eigenvalue weighted by Gasteiger charge is -2.07. The number of hydrogen-bond acceptors (Lipinski definition) is 4. The van der Waals surface area contributed by atoms with Gasteiger partial charge in [-0.2, -0.15) is 0 Å². The lowest BCUT2D eigenvalue weighted by Crippen LogP contribution is -2.42. The molecule has 0 saturated carbocycles. The number of nitrogens with zero attached hydrogens (tertiary/aromatic N) is 2. The minimum absolute atomic E-state index is 0.0000298. The van der Waals surface area contributed by atoms with Crippen LogP contribution < -0.4 is 10.9 Å². The third-order valence-corrected chi connectivity index (χ3v) is 4.29. The first kappa shape index (κ1) is 19.2. The Kier molecular flexibility index (Phi) is 5.78. The van der Waals surface area contributed by atoms with Gasteiger partial charge < -0.3 is 4.57 Å². The van der Waals surface area contributed by atoms with E-state index in [4.69, 9.17) is 0 Å². The average molecular weight is 382 g/mol. The number of aryl methyl sites for hydroxylation is 1. The molecule has 0 spiro atoms. The molecule has 8 heteroatoms. The number of Topliss-reactive ketones (excluding diaryl/α,β-unsaturated/α-hetero) is 1. The molecule has 0 fully saturated rings. The number of imidazole rings is 1. The molecular formula is C20H19FN4O3. The second-order valence-electron chi connectivity index (χ2n) is 6.28. The molecule has 144 valence electrons. The van der Waals surface area contributed by atoms with Gasteiger partial charge in [-0.1, -0.05) is 12.1 Å². The molecule has 1 heterocycles. The highest BCUT2D eigenvalue weighted by molar-refractivity contribution is 5.98. The van der Waals surface area contributed by atoms with Crippen LogP contribution in [0.3, 0.4) is 0 Å². The maximum atomic E-state index is 12.9. The molecule has 2 amide bonds. The minimum atomic E-state index is -0.492. The maximum absolute atomic E-state index is 12.9. The van der Waals surface area contributed by atoms with Crippen molar-refractivity contribution in [3.63, 3.8) is 0 Å².